The molecule has 2 atom stereocenters. The summed E-state index contributed by atoms with van der Waals surface area (Å²) < 4.78 is 0. The first-order valence-corrected chi connectivity index (χ1v) is 7.16. The molecule has 0 spiro atoms. The van der Waals surface area contributed by atoms with E-state index in [1.807, 2.05) is 0 Å². The minimum atomic E-state index is 0.286. The predicted octanol–water partition coefficient (Wildman–Crippen LogP) is 5.16. The van der Waals surface area contributed by atoms with Gasteiger partial charge in [-0.1, -0.05) is 81.4 Å². The number of benzene rings is 2. The molecule has 0 radical (unpaired) electrons. The average Bonchev–Trinajstić information content (AvgIpc) is 2.46. The smallest absolute Gasteiger partial charge is 0.00123 e. The summed E-state index contributed by atoms with van der Waals surface area (Å²) in [7, 11) is 0. The van der Waals surface area contributed by atoms with Gasteiger partial charge in [-0.3, -0.25) is 0 Å². The molecule has 0 heteroatoms. The maximum absolute atomic E-state index is 2.42. The zero-order chi connectivity index (χ0) is 13.5. The molecule has 0 N–H and O–H groups in total. The highest BCUT2D eigenvalue weighted by atomic mass is 14.6. The fourth-order valence-corrected chi connectivity index (χ4v) is 3.70. The minimum absolute atomic E-state index is 0.286. The van der Waals surface area contributed by atoms with E-state index in [9.17, 15) is 0 Å². The van der Waals surface area contributed by atoms with E-state index in [4.69, 9.17) is 0 Å². The SMILES string of the molecule is CC1(c2ccccc2)CC(c2ccccc2)C1(C)C. The van der Waals surface area contributed by atoms with Crippen molar-refractivity contribution in [2.24, 2.45) is 5.41 Å². The molecule has 0 heterocycles. The molecule has 2 aromatic rings. The first-order chi connectivity index (χ1) is 9.06. The van der Waals surface area contributed by atoms with E-state index in [1.165, 1.54) is 17.5 Å². The summed E-state index contributed by atoms with van der Waals surface area (Å²) in [4.78, 5) is 0. The third kappa shape index (κ3) is 1.74. The number of rotatable bonds is 2. The van der Waals surface area contributed by atoms with Gasteiger partial charge < -0.3 is 0 Å². The third-order valence-corrected chi connectivity index (χ3v) is 5.52. The molecule has 2 unspecified atom stereocenters. The summed E-state index contributed by atoms with van der Waals surface area (Å²) in [6, 6.07) is 21.9. The Morgan fingerprint density at radius 3 is 1.84 bits per heavy atom. The van der Waals surface area contributed by atoms with E-state index in [0.29, 0.717) is 11.3 Å². The van der Waals surface area contributed by atoms with Crippen LogP contribution >= 0.6 is 0 Å². The van der Waals surface area contributed by atoms with Crippen molar-refractivity contribution in [3.63, 3.8) is 0 Å². The van der Waals surface area contributed by atoms with Crippen molar-refractivity contribution in [2.45, 2.75) is 38.5 Å². The van der Waals surface area contributed by atoms with Crippen LogP contribution in [0.5, 0.6) is 0 Å². The number of hydrogen-bond donors (Lipinski definition) is 0. The molecule has 3 rings (SSSR count). The van der Waals surface area contributed by atoms with Crippen molar-refractivity contribution >= 4 is 0 Å². The Bertz CT molecular complexity index is 553. The Balaban J connectivity index is 1.94. The molecule has 1 aliphatic carbocycles. The average molecular weight is 250 g/mol. The van der Waals surface area contributed by atoms with Gasteiger partial charge in [0.15, 0.2) is 0 Å². The van der Waals surface area contributed by atoms with Crippen LogP contribution in [0.4, 0.5) is 0 Å². The molecule has 1 aliphatic rings. The lowest BCUT2D eigenvalue weighted by Crippen LogP contribution is -2.54. The largest absolute Gasteiger partial charge is 0.0622 e. The topological polar surface area (TPSA) is 0 Å². The van der Waals surface area contributed by atoms with E-state index in [2.05, 4.69) is 81.4 Å². The highest BCUT2D eigenvalue weighted by molar-refractivity contribution is 5.38. The van der Waals surface area contributed by atoms with E-state index in [-0.39, 0.29) is 5.41 Å². The second-order valence-electron chi connectivity index (χ2n) is 6.59. The quantitative estimate of drug-likeness (QED) is 0.690. The number of hydrogen-bond acceptors (Lipinski definition) is 0. The van der Waals surface area contributed by atoms with Crippen LogP contribution in [0.3, 0.4) is 0 Å². The first-order valence-electron chi connectivity index (χ1n) is 7.16. The fourth-order valence-electron chi connectivity index (χ4n) is 3.70. The molecule has 0 saturated heterocycles. The third-order valence-electron chi connectivity index (χ3n) is 5.52. The van der Waals surface area contributed by atoms with Crippen molar-refractivity contribution in [1.29, 1.82) is 0 Å². The monoisotopic (exact) mass is 250 g/mol. The normalized spacial score (nSPS) is 28.7. The van der Waals surface area contributed by atoms with Crippen LogP contribution in [0.2, 0.25) is 0 Å². The van der Waals surface area contributed by atoms with E-state index in [1.54, 1.807) is 0 Å². The van der Waals surface area contributed by atoms with Crippen LogP contribution in [0, 0.1) is 5.41 Å². The minimum Gasteiger partial charge on any atom is -0.0622 e. The van der Waals surface area contributed by atoms with Gasteiger partial charge in [-0.05, 0) is 34.3 Å². The summed E-state index contributed by atoms with van der Waals surface area (Å²) in [5.41, 5.74) is 3.55. The molecule has 0 aromatic heterocycles. The highest BCUT2D eigenvalue weighted by Crippen LogP contribution is 2.65. The van der Waals surface area contributed by atoms with Gasteiger partial charge in [-0.2, -0.15) is 0 Å². The van der Waals surface area contributed by atoms with Gasteiger partial charge in [-0.15, -0.1) is 0 Å². The first kappa shape index (κ1) is 12.5. The summed E-state index contributed by atoms with van der Waals surface area (Å²) in [5, 5.41) is 0. The Kier molecular flexibility index (Phi) is 2.78. The second-order valence-corrected chi connectivity index (χ2v) is 6.59. The molecule has 98 valence electrons. The lowest BCUT2D eigenvalue weighted by atomic mass is 9.42. The summed E-state index contributed by atoms with van der Waals surface area (Å²) in [6.07, 6.45) is 1.24. The molecular weight excluding hydrogens is 228 g/mol. The molecule has 0 amide bonds. The Labute approximate surface area is 116 Å². The highest BCUT2D eigenvalue weighted by Gasteiger charge is 2.57. The second kappa shape index (κ2) is 4.23. The standard InChI is InChI=1S/C19H22/c1-18(2)17(15-10-6-4-7-11-15)14-19(18,3)16-12-8-5-9-13-16/h4-13,17H,14H2,1-3H3. The lowest BCUT2D eigenvalue weighted by molar-refractivity contribution is 0.00618. The maximum atomic E-state index is 2.42. The van der Waals surface area contributed by atoms with Gasteiger partial charge in [0.25, 0.3) is 0 Å². The molecule has 2 aromatic carbocycles. The van der Waals surface area contributed by atoms with Gasteiger partial charge in [-0.25, -0.2) is 0 Å². The summed E-state index contributed by atoms with van der Waals surface area (Å²) in [5.74, 6) is 0.666. The van der Waals surface area contributed by atoms with Crippen molar-refractivity contribution < 1.29 is 0 Å². The van der Waals surface area contributed by atoms with Crippen molar-refractivity contribution in [2.75, 3.05) is 0 Å². The molecule has 19 heavy (non-hydrogen) atoms. The molecular formula is C19H22. The van der Waals surface area contributed by atoms with Gasteiger partial charge in [0.1, 0.15) is 0 Å². The van der Waals surface area contributed by atoms with Crippen LogP contribution in [0.1, 0.15) is 44.2 Å². The lowest BCUT2D eigenvalue weighted by Gasteiger charge is -2.61. The van der Waals surface area contributed by atoms with Crippen LogP contribution in [-0.2, 0) is 5.41 Å². The Morgan fingerprint density at radius 2 is 1.32 bits per heavy atom. The molecule has 0 bridgehead atoms. The molecule has 1 saturated carbocycles. The van der Waals surface area contributed by atoms with Crippen LogP contribution in [0.25, 0.3) is 0 Å². The van der Waals surface area contributed by atoms with Crippen molar-refractivity contribution in [3.05, 3.63) is 71.8 Å². The zero-order valence-electron chi connectivity index (χ0n) is 12.1. The van der Waals surface area contributed by atoms with Crippen LogP contribution in [0.15, 0.2) is 60.7 Å². The Hall–Kier alpha value is -1.56. The summed E-state index contributed by atoms with van der Waals surface area (Å²) >= 11 is 0. The molecule has 1 fully saturated rings. The predicted molar refractivity (Wildman–Crippen MR) is 81.4 cm³/mol. The summed E-state index contributed by atoms with van der Waals surface area (Å²) in [6.45, 7) is 7.25. The van der Waals surface area contributed by atoms with Crippen molar-refractivity contribution in [1.82, 2.24) is 0 Å². The Morgan fingerprint density at radius 1 is 0.789 bits per heavy atom. The fraction of sp³-hybridized carbons (Fsp3) is 0.368. The van der Waals surface area contributed by atoms with Crippen molar-refractivity contribution in [3.8, 4) is 0 Å². The van der Waals surface area contributed by atoms with E-state index in [0.717, 1.165) is 0 Å². The van der Waals surface area contributed by atoms with Gasteiger partial charge in [0, 0.05) is 0 Å². The van der Waals surface area contributed by atoms with Gasteiger partial charge in [0.05, 0.1) is 0 Å². The van der Waals surface area contributed by atoms with Crippen LogP contribution < -0.4 is 0 Å². The van der Waals surface area contributed by atoms with E-state index < -0.39 is 0 Å². The zero-order valence-corrected chi connectivity index (χ0v) is 12.1. The van der Waals surface area contributed by atoms with E-state index >= 15 is 0 Å². The van der Waals surface area contributed by atoms with Gasteiger partial charge in [0.2, 0.25) is 0 Å². The molecule has 0 aliphatic heterocycles. The van der Waals surface area contributed by atoms with Gasteiger partial charge >= 0.3 is 0 Å². The van der Waals surface area contributed by atoms with Crippen LogP contribution in [-0.4, -0.2) is 0 Å². The maximum Gasteiger partial charge on any atom is -0.00123 e. The molecule has 0 nitrogen and oxygen atoms in total.